The Morgan fingerprint density at radius 3 is 2.67 bits per heavy atom. The first-order valence-corrected chi connectivity index (χ1v) is 7.42. The molecule has 0 spiro atoms. The molecule has 1 aliphatic carbocycles. The maximum absolute atomic E-state index is 10.9. The Balaban J connectivity index is 1.98. The van der Waals surface area contributed by atoms with E-state index < -0.39 is 0 Å². The highest BCUT2D eigenvalue weighted by Gasteiger charge is 2.29. The average molecular weight is 264 g/mol. The minimum atomic E-state index is -0.256. The standard InChI is InChI=1S/C14H20N2OS/c15-12-7-6-11(10-4-2-1-3-5-10)8-13(12)18-9-14(16)17/h1-5,11-13H,6-9,15H2,(H2,16,17). The minimum absolute atomic E-state index is 0.189. The smallest absolute Gasteiger partial charge is 0.227 e. The molecule has 0 bridgehead atoms. The SMILES string of the molecule is NC(=O)CSC1CC(c2ccccc2)CCC1N. The van der Waals surface area contributed by atoms with Crippen LogP contribution in [0, 0.1) is 0 Å². The summed E-state index contributed by atoms with van der Waals surface area (Å²) in [7, 11) is 0. The molecule has 0 aromatic heterocycles. The van der Waals surface area contributed by atoms with Crippen LogP contribution in [0.25, 0.3) is 0 Å². The first-order chi connectivity index (χ1) is 8.66. The summed E-state index contributed by atoms with van der Waals surface area (Å²) in [5.41, 5.74) is 12.7. The predicted octanol–water partition coefficient (Wildman–Crippen LogP) is 1.87. The van der Waals surface area contributed by atoms with Crippen molar-refractivity contribution in [2.75, 3.05) is 5.75 Å². The lowest BCUT2D eigenvalue weighted by Gasteiger charge is -2.33. The van der Waals surface area contributed by atoms with Crippen molar-refractivity contribution < 1.29 is 4.79 Å². The Labute approximate surface area is 112 Å². The van der Waals surface area contributed by atoms with E-state index in [4.69, 9.17) is 11.5 Å². The molecule has 3 atom stereocenters. The average Bonchev–Trinajstić information content (AvgIpc) is 2.38. The van der Waals surface area contributed by atoms with Crippen LogP contribution < -0.4 is 11.5 Å². The third-order valence-electron chi connectivity index (χ3n) is 3.55. The van der Waals surface area contributed by atoms with Gasteiger partial charge < -0.3 is 11.5 Å². The highest BCUT2D eigenvalue weighted by Crippen LogP contribution is 2.37. The number of benzene rings is 1. The molecule has 1 aromatic carbocycles. The number of thioether (sulfide) groups is 1. The molecule has 2 rings (SSSR count). The van der Waals surface area contributed by atoms with Crippen molar-refractivity contribution >= 4 is 17.7 Å². The number of hydrogen-bond donors (Lipinski definition) is 2. The second kappa shape index (κ2) is 6.25. The zero-order valence-electron chi connectivity index (χ0n) is 10.4. The largest absolute Gasteiger partial charge is 0.369 e. The third-order valence-corrected chi connectivity index (χ3v) is 4.97. The molecule has 18 heavy (non-hydrogen) atoms. The molecule has 98 valence electrons. The predicted molar refractivity (Wildman–Crippen MR) is 76.4 cm³/mol. The molecule has 3 unspecified atom stereocenters. The van der Waals surface area contributed by atoms with Gasteiger partial charge in [0.25, 0.3) is 0 Å². The van der Waals surface area contributed by atoms with Crippen molar-refractivity contribution in [1.82, 2.24) is 0 Å². The van der Waals surface area contributed by atoms with Gasteiger partial charge in [-0.25, -0.2) is 0 Å². The van der Waals surface area contributed by atoms with Crippen LogP contribution in [0.1, 0.15) is 30.7 Å². The normalized spacial score (nSPS) is 27.9. The van der Waals surface area contributed by atoms with Gasteiger partial charge in [-0.2, -0.15) is 0 Å². The second-order valence-corrected chi connectivity index (χ2v) is 6.13. The molecule has 1 aromatic rings. The molecule has 0 radical (unpaired) electrons. The van der Waals surface area contributed by atoms with Crippen LogP contribution in [0.4, 0.5) is 0 Å². The van der Waals surface area contributed by atoms with Crippen molar-refractivity contribution in [3.8, 4) is 0 Å². The molecule has 0 heterocycles. The van der Waals surface area contributed by atoms with Gasteiger partial charge in [0.05, 0.1) is 5.75 Å². The van der Waals surface area contributed by atoms with Crippen molar-refractivity contribution in [3.05, 3.63) is 35.9 Å². The van der Waals surface area contributed by atoms with E-state index in [0.717, 1.165) is 19.3 Å². The summed E-state index contributed by atoms with van der Waals surface area (Å²) in [6.45, 7) is 0. The van der Waals surface area contributed by atoms with Crippen LogP contribution in [0.3, 0.4) is 0 Å². The van der Waals surface area contributed by atoms with E-state index >= 15 is 0 Å². The van der Waals surface area contributed by atoms with Crippen LogP contribution in [-0.2, 0) is 4.79 Å². The summed E-state index contributed by atoms with van der Waals surface area (Å²) >= 11 is 1.61. The van der Waals surface area contributed by atoms with E-state index in [2.05, 4.69) is 24.3 Å². The van der Waals surface area contributed by atoms with E-state index in [9.17, 15) is 4.79 Å². The molecule has 0 saturated heterocycles. The third kappa shape index (κ3) is 3.50. The van der Waals surface area contributed by atoms with Gasteiger partial charge in [-0.3, -0.25) is 4.79 Å². The van der Waals surface area contributed by atoms with Crippen molar-refractivity contribution in [2.24, 2.45) is 11.5 Å². The van der Waals surface area contributed by atoms with Gasteiger partial charge in [-0.1, -0.05) is 30.3 Å². The molecule has 0 aliphatic heterocycles. The Bertz CT molecular complexity index is 396. The van der Waals surface area contributed by atoms with E-state index in [1.807, 2.05) is 6.07 Å². The molecular weight excluding hydrogens is 244 g/mol. The van der Waals surface area contributed by atoms with Gasteiger partial charge in [0.2, 0.25) is 5.91 Å². The molecule has 3 nitrogen and oxygen atoms in total. The fourth-order valence-corrected chi connectivity index (χ4v) is 3.69. The van der Waals surface area contributed by atoms with E-state index in [1.54, 1.807) is 11.8 Å². The lowest BCUT2D eigenvalue weighted by atomic mass is 9.82. The molecular formula is C14H20N2OS. The second-order valence-electron chi connectivity index (χ2n) is 4.90. The summed E-state index contributed by atoms with van der Waals surface area (Å²) < 4.78 is 0. The van der Waals surface area contributed by atoms with E-state index in [1.165, 1.54) is 5.56 Å². The van der Waals surface area contributed by atoms with Gasteiger partial charge in [-0.05, 0) is 30.7 Å². The fourth-order valence-electron chi connectivity index (χ4n) is 2.56. The molecule has 1 aliphatic rings. The highest BCUT2D eigenvalue weighted by atomic mass is 32.2. The van der Waals surface area contributed by atoms with Crippen molar-refractivity contribution in [2.45, 2.75) is 36.5 Å². The lowest BCUT2D eigenvalue weighted by molar-refractivity contribution is -0.115. The first-order valence-electron chi connectivity index (χ1n) is 6.37. The number of carbonyl (C=O) groups excluding carboxylic acids is 1. The topological polar surface area (TPSA) is 69.1 Å². The van der Waals surface area contributed by atoms with Crippen LogP contribution in [0.15, 0.2) is 30.3 Å². The highest BCUT2D eigenvalue weighted by molar-refractivity contribution is 8.00. The molecule has 4 N–H and O–H groups in total. The fraction of sp³-hybridized carbons (Fsp3) is 0.500. The Morgan fingerprint density at radius 2 is 2.00 bits per heavy atom. The molecule has 1 saturated carbocycles. The van der Waals surface area contributed by atoms with E-state index in [-0.39, 0.29) is 11.9 Å². The number of nitrogens with two attached hydrogens (primary N) is 2. The zero-order valence-corrected chi connectivity index (χ0v) is 11.2. The quantitative estimate of drug-likeness (QED) is 0.872. The van der Waals surface area contributed by atoms with Gasteiger partial charge >= 0.3 is 0 Å². The summed E-state index contributed by atoms with van der Waals surface area (Å²) in [6, 6.07) is 10.7. The van der Waals surface area contributed by atoms with Crippen LogP contribution in [-0.4, -0.2) is 23.0 Å². The van der Waals surface area contributed by atoms with Gasteiger partial charge in [0, 0.05) is 11.3 Å². The summed E-state index contributed by atoms with van der Waals surface area (Å²) in [6.07, 6.45) is 3.21. The Morgan fingerprint density at radius 1 is 1.28 bits per heavy atom. The molecule has 4 heteroatoms. The number of amides is 1. The molecule has 1 amide bonds. The van der Waals surface area contributed by atoms with Crippen molar-refractivity contribution in [1.29, 1.82) is 0 Å². The van der Waals surface area contributed by atoms with Gasteiger partial charge in [0.15, 0.2) is 0 Å². The summed E-state index contributed by atoms with van der Waals surface area (Å²) in [4.78, 5) is 10.9. The zero-order chi connectivity index (χ0) is 13.0. The first kappa shape index (κ1) is 13.4. The maximum Gasteiger partial charge on any atom is 0.227 e. The Kier molecular flexibility index (Phi) is 4.66. The maximum atomic E-state index is 10.9. The number of carbonyl (C=O) groups is 1. The van der Waals surface area contributed by atoms with E-state index in [0.29, 0.717) is 16.9 Å². The van der Waals surface area contributed by atoms with Crippen LogP contribution >= 0.6 is 11.8 Å². The minimum Gasteiger partial charge on any atom is -0.369 e. The summed E-state index contributed by atoms with van der Waals surface area (Å²) in [5.74, 6) is 0.685. The monoisotopic (exact) mass is 264 g/mol. The Hall–Kier alpha value is -1.00. The van der Waals surface area contributed by atoms with Crippen molar-refractivity contribution in [3.63, 3.8) is 0 Å². The van der Waals surface area contributed by atoms with Crippen LogP contribution in [0.5, 0.6) is 0 Å². The number of hydrogen-bond acceptors (Lipinski definition) is 3. The van der Waals surface area contributed by atoms with Gasteiger partial charge in [-0.15, -0.1) is 11.8 Å². The number of rotatable bonds is 4. The van der Waals surface area contributed by atoms with Crippen LogP contribution in [0.2, 0.25) is 0 Å². The van der Waals surface area contributed by atoms with Gasteiger partial charge in [0.1, 0.15) is 0 Å². The molecule has 1 fully saturated rings. The number of primary amides is 1. The summed E-state index contributed by atoms with van der Waals surface area (Å²) in [5, 5.41) is 0.344. The lowest BCUT2D eigenvalue weighted by Crippen LogP contribution is -2.38.